The highest BCUT2D eigenvalue weighted by Gasteiger charge is 2.24. The van der Waals surface area contributed by atoms with Crippen molar-refractivity contribution in [1.29, 1.82) is 0 Å². The molecule has 0 bridgehead atoms. The van der Waals surface area contributed by atoms with Crippen LogP contribution in [0.15, 0.2) is 61.2 Å². The van der Waals surface area contributed by atoms with Gasteiger partial charge in [0.1, 0.15) is 5.82 Å². The third kappa shape index (κ3) is 4.55. The number of amides is 1. The number of hydrogen-bond acceptors (Lipinski definition) is 5. The van der Waals surface area contributed by atoms with Gasteiger partial charge in [-0.3, -0.25) is 14.9 Å². The van der Waals surface area contributed by atoms with Crippen molar-refractivity contribution in [3.8, 4) is 11.1 Å². The Balaban J connectivity index is 1.36. The van der Waals surface area contributed by atoms with E-state index < -0.39 is 0 Å². The van der Waals surface area contributed by atoms with Gasteiger partial charge in [0, 0.05) is 42.1 Å². The lowest BCUT2D eigenvalue weighted by atomic mass is 10.0. The highest BCUT2D eigenvalue weighted by molar-refractivity contribution is 6.02. The smallest absolute Gasteiger partial charge is 0.255 e. The van der Waals surface area contributed by atoms with Crippen LogP contribution in [0.4, 0.5) is 5.82 Å². The zero-order chi connectivity index (χ0) is 21.0. The van der Waals surface area contributed by atoms with E-state index >= 15 is 0 Å². The van der Waals surface area contributed by atoms with E-state index in [1.54, 1.807) is 18.6 Å². The molecule has 0 radical (unpaired) electrons. The summed E-state index contributed by atoms with van der Waals surface area (Å²) in [5.41, 5.74) is 4.72. The maximum Gasteiger partial charge on any atom is 0.255 e. The van der Waals surface area contributed by atoms with Crippen molar-refractivity contribution in [3.05, 3.63) is 72.3 Å². The van der Waals surface area contributed by atoms with Crippen molar-refractivity contribution >= 4 is 22.6 Å². The number of benzene rings is 1. The Kier molecular flexibility index (Phi) is 5.31. The third-order valence-electron chi connectivity index (χ3n) is 5.49. The average Bonchev–Trinajstić information content (AvgIpc) is 3.44. The summed E-state index contributed by atoms with van der Waals surface area (Å²) in [5.74, 6) is 0.568. The van der Waals surface area contributed by atoms with E-state index in [-0.39, 0.29) is 5.91 Å². The lowest BCUT2D eigenvalue weighted by molar-refractivity contribution is 0.0954. The number of nitrogens with zero attached hydrogens (tertiary/aromatic N) is 3. The molecule has 4 aromatic rings. The summed E-state index contributed by atoms with van der Waals surface area (Å²) in [6.45, 7) is 0.608. The molecule has 1 aromatic carbocycles. The van der Waals surface area contributed by atoms with E-state index in [0.29, 0.717) is 24.0 Å². The van der Waals surface area contributed by atoms with E-state index in [4.69, 9.17) is 4.98 Å². The van der Waals surface area contributed by atoms with Crippen LogP contribution < -0.4 is 10.6 Å². The highest BCUT2D eigenvalue weighted by Crippen LogP contribution is 2.29. The summed E-state index contributed by atoms with van der Waals surface area (Å²) in [6, 6.07) is 12.4. The van der Waals surface area contributed by atoms with Crippen LogP contribution in [-0.2, 0) is 6.42 Å². The number of hydrogen-bond donors (Lipinski definition) is 3. The first kappa shape index (κ1) is 19.2. The van der Waals surface area contributed by atoms with Gasteiger partial charge >= 0.3 is 0 Å². The SMILES string of the molecule is O=C(NCCCc1ccncc1)c1cc2cc(-c3cn[nH]c3)ccc2nc1NC1CC1. The van der Waals surface area contributed by atoms with Crippen LogP contribution in [0.2, 0.25) is 0 Å². The van der Waals surface area contributed by atoms with Gasteiger partial charge in [-0.05, 0) is 67.1 Å². The molecule has 1 aliphatic rings. The van der Waals surface area contributed by atoms with Crippen LogP contribution in [0.1, 0.15) is 35.2 Å². The van der Waals surface area contributed by atoms with Crippen molar-refractivity contribution in [2.24, 2.45) is 0 Å². The number of aromatic nitrogens is 4. The van der Waals surface area contributed by atoms with Gasteiger partial charge in [0.05, 0.1) is 17.3 Å². The predicted octanol–water partition coefficient (Wildman–Crippen LogP) is 3.96. The summed E-state index contributed by atoms with van der Waals surface area (Å²) < 4.78 is 0. The first-order valence-electron chi connectivity index (χ1n) is 10.6. The second-order valence-corrected chi connectivity index (χ2v) is 7.91. The lowest BCUT2D eigenvalue weighted by Crippen LogP contribution is -2.26. The molecule has 31 heavy (non-hydrogen) atoms. The molecule has 1 saturated carbocycles. The van der Waals surface area contributed by atoms with Crippen molar-refractivity contribution in [2.45, 2.75) is 31.7 Å². The van der Waals surface area contributed by atoms with Gasteiger partial charge in [0.25, 0.3) is 5.91 Å². The molecule has 0 spiro atoms. The van der Waals surface area contributed by atoms with E-state index in [2.05, 4.69) is 25.8 Å². The minimum absolute atomic E-state index is 0.0963. The number of pyridine rings is 2. The van der Waals surface area contributed by atoms with Gasteiger partial charge in [-0.15, -0.1) is 0 Å². The van der Waals surface area contributed by atoms with E-state index in [0.717, 1.165) is 47.7 Å². The number of aromatic amines is 1. The summed E-state index contributed by atoms with van der Waals surface area (Å²) >= 11 is 0. The molecule has 3 heterocycles. The Hall–Kier alpha value is -3.74. The summed E-state index contributed by atoms with van der Waals surface area (Å²) in [5, 5.41) is 14.3. The molecule has 0 aliphatic heterocycles. The fraction of sp³-hybridized carbons (Fsp3) is 0.250. The molecule has 1 fully saturated rings. The van der Waals surface area contributed by atoms with Gasteiger partial charge in [-0.1, -0.05) is 6.07 Å². The predicted molar refractivity (Wildman–Crippen MR) is 121 cm³/mol. The molecule has 156 valence electrons. The summed E-state index contributed by atoms with van der Waals surface area (Å²) in [7, 11) is 0. The number of carbonyl (C=O) groups is 1. The quantitative estimate of drug-likeness (QED) is 0.381. The Morgan fingerprint density at radius 2 is 1.97 bits per heavy atom. The molecule has 1 aliphatic carbocycles. The first-order chi connectivity index (χ1) is 15.3. The molecule has 3 N–H and O–H groups in total. The normalized spacial score (nSPS) is 13.3. The molecular formula is C24H24N6O. The second kappa shape index (κ2) is 8.55. The van der Waals surface area contributed by atoms with Crippen LogP contribution in [-0.4, -0.2) is 38.7 Å². The zero-order valence-corrected chi connectivity index (χ0v) is 17.1. The topological polar surface area (TPSA) is 95.6 Å². The number of carbonyl (C=O) groups excluding carboxylic acids is 1. The van der Waals surface area contributed by atoms with E-state index in [1.165, 1.54) is 5.56 Å². The zero-order valence-electron chi connectivity index (χ0n) is 17.1. The van der Waals surface area contributed by atoms with Crippen molar-refractivity contribution in [2.75, 3.05) is 11.9 Å². The third-order valence-corrected chi connectivity index (χ3v) is 5.49. The fourth-order valence-corrected chi connectivity index (χ4v) is 3.61. The number of anilines is 1. The largest absolute Gasteiger partial charge is 0.367 e. The number of rotatable bonds is 8. The van der Waals surface area contributed by atoms with Crippen LogP contribution in [0, 0.1) is 0 Å². The fourth-order valence-electron chi connectivity index (χ4n) is 3.61. The number of H-pyrrole nitrogens is 1. The molecular weight excluding hydrogens is 388 g/mol. The monoisotopic (exact) mass is 412 g/mol. The van der Waals surface area contributed by atoms with Crippen LogP contribution in [0.3, 0.4) is 0 Å². The van der Waals surface area contributed by atoms with Gasteiger partial charge in [0.2, 0.25) is 0 Å². The summed E-state index contributed by atoms with van der Waals surface area (Å²) in [6.07, 6.45) is 11.2. The Labute approximate surface area is 180 Å². The average molecular weight is 412 g/mol. The molecule has 0 saturated heterocycles. The number of fused-ring (bicyclic) bond motifs is 1. The maximum atomic E-state index is 13.0. The van der Waals surface area contributed by atoms with E-state index in [9.17, 15) is 4.79 Å². The minimum Gasteiger partial charge on any atom is -0.367 e. The van der Waals surface area contributed by atoms with Crippen LogP contribution >= 0.6 is 0 Å². The van der Waals surface area contributed by atoms with E-state index in [1.807, 2.05) is 42.6 Å². The molecule has 7 nitrogen and oxygen atoms in total. The lowest BCUT2D eigenvalue weighted by Gasteiger charge is -2.13. The first-order valence-corrected chi connectivity index (χ1v) is 10.6. The van der Waals surface area contributed by atoms with Gasteiger partial charge in [-0.2, -0.15) is 5.10 Å². The Morgan fingerprint density at radius 3 is 2.74 bits per heavy atom. The Morgan fingerprint density at radius 1 is 1.10 bits per heavy atom. The molecule has 7 heteroatoms. The molecule has 0 atom stereocenters. The highest BCUT2D eigenvalue weighted by atomic mass is 16.1. The maximum absolute atomic E-state index is 13.0. The molecule has 0 unspecified atom stereocenters. The minimum atomic E-state index is -0.0963. The molecule has 3 aromatic heterocycles. The van der Waals surface area contributed by atoms with Crippen molar-refractivity contribution < 1.29 is 4.79 Å². The Bertz CT molecular complexity index is 1190. The summed E-state index contributed by atoms with van der Waals surface area (Å²) in [4.78, 5) is 21.8. The molecule has 5 rings (SSSR count). The van der Waals surface area contributed by atoms with Crippen LogP contribution in [0.25, 0.3) is 22.0 Å². The number of aryl methyl sites for hydroxylation is 1. The van der Waals surface area contributed by atoms with Crippen molar-refractivity contribution in [1.82, 2.24) is 25.5 Å². The second-order valence-electron chi connectivity index (χ2n) is 7.91. The molecule has 1 amide bonds. The van der Waals surface area contributed by atoms with Gasteiger partial charge < -0.3 is 10.6 Å². The van der Waals surface area contributed by atoms with Crippen molar-refractivity contribution in [3.63, 3.8) is 0 Å². The van der Waals surface area contributed by atoms with Gasteiger partial charge in [-0.25, -0.2) is 4.98 Å². The standard InChI is InChI=1S/C24H24N6O/c31-24(26-9-1-2-16-7-10-25-11-8-16)21-13-18-12-17(19-14-27-28-15-19)3-6-22(18)30-23(21)29-20-4-5-20/h3,6-8,10-15,20H,1-2,4-5,9H2,(H,26,31)(H,27,28)(H,29,30). The van der Waals surface area contributed by atoms with Gasteiger partial charge in [0.15, 0.2) is 0 Å². The number of nitrogens with one attached hydrogen (secondary N) is 3. The van der Waals surface area contributed by atoms with Crippen LogP contribution in [0.5, 0.6) is 0 Å².